The van der Waals surface area contributed by atoms with Crippen LogP contribution in [0.15, 0.2) is 42.5 Å². The summed E-state index contributed by atoms with van der Waals surface area (Å²) < 4.78 is 5.90. The van der Waals surface area contributed by atoms with Crippen molar-refractivity contribution in [2.75, 3.05) is 6.61 Å². The van der Waals surface area contributed by atoms with Crippen molar-refractivity contribution in [3.8, 4) is 11.5 Å². The average molecular weight is 421 g/mol. The fraction of sp³-hybridized carbons (Fsp3) is 0.571. The van der Waals surface area contributed by atoms with E-state index in [4.69, 9.17) is 4.74 Å². The molecular formula is C28H36O3. The lowest BCUT2D eigenvalue weighted by atomic mass is 9.51. The number of aromatic hydroxyl groups is 1. The number of ether oxygens (including phenoxy) is 1. The molecule has 6 atom stereocenters. The quantitative estimate of drug-likeness (QED) is 0.568. The zero-order valence-electron chi connectivity index (χ0n) is 18.9. The molecule has 166 valence electrons. The van der Waals surface area contributed by atoms with E-state index >= 15 is 0 Å². The highest BCUT2D eigenvalue weighted by Crippen LogP contribution is 2.65. The lowest BCUT2D eigenvalue weighted by Gasteiger charge is -2.54. The van der Waals surface area contributed by atoms with Crippen LogP contribution in [-0.4, -0.2) is 22.9 Å². The molecule has 2 fully saturated rings. The molecule has 0 amide bonds. The van der Waals surface area contributed by atoms with Gasteiger partial charge in [-0.05, 0) is 109 Å². The molecule has 0 spiro atoms. The summed E-state index contributed by atoms with van der Waals surface area (Å²) in [6, 6.07) is 14.8. The SMILES string of the molecule is CCCCOc1ccc([C@H]2C[C@@]3(C)C(CC[C@@H]3O)C3CCc4cc(O)ccc4C32)cc1. The van der Waals surface area contributed by atoms with E-state index in [9.17, 15) is 10.2 Å². The Morgan fingerprint density at radius 1 is 1.06 bits per heavy atom. The third kappa shape index (κ3) is 3.55. The molecule has 0 saturated heterocycles. The Kier molecular flexibility index (Phi) is 5.50. The second-order valence-electron chi connectivity index (χ2n) is 10.4. The predicted octanol–water partition coefficient (Wildman–Crippen LogP) is 6.18. The standard InChI is InChI=1S/C28H36O3/c1-3-4-15-31-21-9-5-18(6-10-21)24-17-28(2)25(13-14-26(28)30)23-11-7-19-16-20(29)8-12-22(19)27(23)24/h5-6,8-10,12,16,23-27,29-30H,3-4,7,11,13-15,17H2,1-2H3/t23?,24-,25?,26+,27?,28+/m1/s1. The average Bonchev–Trinajstić information content (AvgIpc) is 3.08. The fourth-order valence-electron chi connectivity index (χ4n) is 7.14. The number of phenolic OH excluding ortho intramolecular Hbond substituents is 1. The number of hydrogen-bond donors (Lipinski definition) is 2. The van der Waals surface area contributed by atoms with Gasteiger partial charge in [-0.1, -0.05) is 38.5 Å². The minimum atomic E-state index is -0.196. The molecule has 3 aliphatic carbocycles. The molecule has 0 radical (unpaired) electrons. The van der Waals surface area contributed by atoms with Gasteiger partial charge >= 0.3 is 0 Å². The lowest BCUT2D eigenvalue weighted by Crippen LogP contribution is -2.47. The molecule has 0 aliphatic heterocycles. The smallest absolute Gasteiger partial charge is 0.119 e. The van der Waals surface area contributed by atoms with E-state index in [1.807, 2.05) is 12.1 Å². The summed E-state index contributed by atoms with van der Waals surface area (Å²) in [7, 11) is 0. The van der Waals surface area contributed by atoms with Crippen LogP contribution in [0.25, 0.3) is 0 Å². The highest BCUT2D eigenvalue weighted by Gasteiger charge is 2.57. The Hall–Kier alpha value is -2.00. The van der Waals surface area contributed by atoms with Crippen molar-refractivity contribution in [3.63, 3.8) is 0 Å². The Balaban J connectivity index is 1.52. The third-order valence-corrected chi connectivity index (χ3v) is 8.74. The van der Waals surface area contributed by atoms with Gasteiger partial charge in [0, 0.05) is 0 Å². The first-order chi connectivity index (χ1) is 15.0. The molecule has 2 aromatic carbocycles. The van der Waals surface area contributed by atoms with Gasteiger partial charge in [0.1, 0.15) is 11.5 Å². The largest absolute Gasteiger partial charge is 0.508 e. The van der Waals surface area contributed by atoms with Crippen molar-refractivity contribution in [1.29, 1.82) is 0 Å². The highest BCUT2D eigenvalue weighted by atomic mass is 16.5. The number of hydrogen-bond acceptors (Lipinski definition) is 3. The summed E-state index contributed by atoms with van der Waals surface area (Å²) >= 11 is 0. The molecular weight excluding hydrogens is 384 g/mol. The summed E-state index contributed by atoms with van der Waals surface area (Å²) in [6.45, 7) is 5.29. The van der Waals surface area contributed by atoms with Crippen molar-refractivity contribution in [3.05, 3.63) is 59.2 Å². The van der Waals surface area contributed by atoms with Gasteiger partial charge in [0.25, 0.3) is 0 Å². The van der Waals surface area contributed by atoms with Gasteiger partial charge in [-0.15, -0.1) is 0 Å². The molecule has 0 aromatic heterocycles. The molecule has 0 bridgehead atoms. The molecule has 2 N–H and O–H groups in total. The number of fused-ring (bicyclic) bond motifs is 5. The Morgan fingerprint density at radius 2 is 1.87 bits per heavy atom. The van der Waals surface area contributed by atoms with Gasteiger partial charge in [-0.2, -0.15) is 0 Å². The molecule has 2 saturated carbocycles. The molecule has 0 heterocycles. The number of phenols is 1. The Labute approximate surface area is 186 Å². The van der Waals surface area contributed by atoms with E-state index in [1.165, 1.54) is 16.7 Å². The van der Waals surface area contributed by atoms with E-state index in [0.717, 1.165) is 57.3 Å². The Morgan fingerprint density at radius 3 is 2.65 bits per heavy atom. The van der Waals surface area contributed by atoms with Crippen LogP contribution >= 0.6 is 0 Å². The van der Waals surface area contributed by atoms with Gasteiger partial charge in [0.05, 0.1) is 12.7 Å². The van der Waals surface area contributed by atoms with Crippen LogP contribution in [0, 0.1) is 17.3 Å². The van der Waals surface area contributed by atoms with Gasteiger partial charge in [-0.25, -0.2) is 0 Å². The molecule has 31 heavy (non-hydrogen) atoms. The topological polar surface area (TPSA) is 49.7 Å². The summed E-state index contributed by atoms with van der Waals surface area (Å²) in [5.41, 5.74) is 4.09. The first-order valence-corrected chi connectivity index (χ1v) is 12.2. The minimum absolute atomic E-state index is 0.00342. The van der Waals surface area contributed by atoms with Crippen LogP contribution in [0.5, 0.6) is 11.5 Å². The van der Waals surface area contributed by atoms with Gasteiger partial charge in [0.15, 0.2) is 0 Å². The second-order valence-corrected chi connectivity index (χ2v) is 10.4. The second kappa shape index (κ2) is 8.16. The molecule has 3 unspecified atom stereocenters. The summed E-state index contributed by atoms with van der Waals surface area (Å²) in [4.78, 5) is 0. The number of benzene rings is 2. The third-order valence-electron chi connectivity index (χ3n) is 8.74. The van der Waals surface area contributed by atoms with Gasteiger partial charge < -0.3 is 14.9 Å². The zero-order chi connectivity index (χ0) is 21.6. The van der Waals surface area contributed by atoms with Crippen molar-refractivity contribution < 1.29 is 14.9 Å². The molecule has 3 nitrogen and oxygen atoms in total. The van der Waals surface area contributed by atoms with Crippen LogP contribution < -0.4 is 4.74 Å². The number of aryl methyl sites for hydroxylation is 1. The Bertz CT molecular complexity index is 920. The van der Waals surface area contributed by atoms with Crippen LogP contribution in [-0.2, 0) is 6.42 Å². The molecule has 2 aromatic rings. The first-order valence-electron chi connectivity index (χ1n) is 12.2. The number of unbranched alkanes of at least 4 members (excludes halogenated alkanes) is 1. The maximum absolute atomic E-state index is 11.0. The van der Waals surface area contributed by atoms with E-state index in [0.29, 0.717) is 29.4 Å². The number of rotatable bonds is 5. The van der Waals surface area contributed by atoms with Gasteiger partial charge in [0.2, 0.25) is 0 Å². The monoisotopic (exact) mass is 420 g/mol. The maximum Gasteiger partial charge on any atom is 0.119 e. The van der Waals surface area contributed by atoms with Crippen molar-refractivity contribution >= 4 is 0 Å². The lowest BCUT2D eigenvalue weighted by molar-refractivity contribution is -0.0323. The van der Waals surface area contributed by atoms with Crippen LogP contribution in [0.3, 0.4) is 0 Å². The summed E-state index contributed by atoms with van der Waals surface area (Å²) in [5.74, 6) is 3.34. The van der Waals surface area contributed by atoms with E-state index in [-0.39, 0.29) is 11.5 Å². The maximum atomic E-state index is 11.0. The fourth-order valence-corrected chi connectivity index (χ4v) is 7.14. The minimum Gasteiger partial charge on any atom is -0.508 e. The zero-order valence-corrected chi connectivity index (χ0v) is 18.9. The predicted molar refractivity (Wildman–Crippen MR) is 124 cm³/mol. The molecule has 3 aliphatic rings. The van der Waals surface area contributed by atoms with Crippen LogP contribution in [0.2, 0.25) is 0 Å². The van der Waals surface area contributed by atoms with Gasteiger partial charge in [-0.3, -0.25) is 0 Å². The van der Waals surface area contributed by atoms with Crippen LogP contribution in [0.1, 0.15) is 80.9 Å². The normalized spacial score (nSPS) is 34.0. The number of aliphatic hydroxyl groups excluding tert-OH is 1. The molecule has 5 rings (SSSR count). The van der Waals surface area contributed by atoms with E-state index < -0.39 is 0 Å². The highest BCUT2D eigenvalue weighted by molar-refractivity contribution is 5.43. The van der Waals surface area contributed by atoms with Crippen molar-refractivity contribution in [1.82, 2.24) is 0 Å². The van der Waals surface area contributed by atoms with E-state index in [2.05, 4.69) is 44.2 Å². The summed E-state index contributed by atoms with van der Waals surface area (Å²) in [6.07, 6.45) is 7.31. The van der Waals surface area contributed by atoms with Crippen molar-refractivity contribution in [2.45, 2.75) is 76.7 Å². The summed E-state index contributed by atoms with van der Waals surface area (Å²) in [5, 5.41) is 21.0. The molecule has 3 heteroatoms. The van der Waals surface area contributed by atoms with E-state index in [1.54, 1.807) is 0 Å². The van der Waals surface area contributed by atoms with Crippen LogP contribution in [0.4, 0.5) is 0 Å². The first kappa shape index (κ1) is 20.9. The number of aliphatic hydroxyl groups is 1. The van der Waals surface area contributed by atoms with Crippen molar-refractivity contribution in [2.24, 2.45) is 17.3 Å².